The second-order valence-corrected chi connectivity index (χ2v) is 7.39. The number of nitrogens with zero attached hydrogens (tertiary/aromatic N) is 2. The van der Waals surface area contributed by atoms with Gasteiger partial charge >= 0.3 is 0 Å². The normalized spacial score (nSPS) is 17.7. The SMILES string of the molecule is NS(=O)(=O)N1CCC[C@@H]1C(=O)Nc1ccc(Oc2cc(F)cc(F)c2)cn1. The molecular formula is C16H16F2N4O4S. The van der Waals surface area contributed by atoms with Crippen LogP contribution in [0.1, 0.15) is 12.8 Å². The van der Waals surface area contributed by atoms with Crippen LogP contribution in [0.2, 0.25) is 0 Å². The summed E-state index contributed by atoms with van der Waals surface area (Å²) in [6.07, 6.45) is 2.14. The van der Waals surface area contributed by atoms with E-state index in [1.54, 1.807) is 0 Å². The quantitative estimate of drug-likeness (QED) is 0.796. The summed E-state index contributed by atoms with van der Waals surface area (Å²) in [6, 6.07) is 4.71. The molecule has 1 aromatic heterocycles. The molecule has 1 saturated heterocycles. The highest BCUT2D eigenvalue weighted by Gasteiger charge is 2.37. The lowest BCUT2D eigenvalue weighted by Gasteiger charge is -2.20. The second-order valence-electron chi connectivity index (χ2n) is 5.89. The number of pyridine rings is 1. The number of aromatic nitrogens is 1. The molecule has 1 amide bonds. The van der Waals surface area contributed by atoms with Gasteiger partial charge in [-0.1, -0.05) is 0 Å². The number of hydrogen-bond donors (Lipinski definition) is 2. The fraction of sp³-hybridized carbons (Fsp3) is 0.250. The first-order valence-corrected chi connectivity index (χ1v) is 9.43. The second kappa shape index (κ2) is 7.55. The molecule has 11 heteroatoms. The number of nitrogens with one attached hydrogen (secondary N) is 1. The fourth-order valence-corrected chi connectivity index (χ4v) is 3.69. The Hall–Kier alpha value is -2.63. The van der Waals surface area contributed by atoms with Gasteiger partial charge in [-0.05, 0) is 25.0 Å². The van der Waals surface area contributed by atoms with Gasteiger partial charge < -0.3 is 10.1 Å². The van der Waals surface area contributed by atoms with Crippen LogP contribution in [0.3, 0.4) is 0 Å². The third kappa shape index (κ3) is 4.76. The van der Waals surface area contributed by atoms with Crippen molar-refractivity contribution in [2.24, 2.45) is 5.14 Å². The molecule has 0 saturated carbocycles. The Balaban J connectivity index is 1.66. The van der Waals surface area contributed by atoms with E-state index in [1.165, 1.54) is 18.3 Å². The number of ether oxygens (including phenoxy) is 1. The predicted molar refractivity (Wildman–Crippen MR) is 92.1 cm³/mol. The van der Waals surface area contributed by atoms with Crippen LogP contribution in [0, 0.1) is 11.6 Å². The van der Waals surface area contributed by atoms with Crippen LogP contribution in [0.15, 0.2) is 36.5 Å². The lowest BCUT2D eigenvalue weighted by Crippen LogP contribution is -2.46. The Morgan fingerprint density at radius 1 is 1.22 bits per heavy atom. The third-order valence-electron chi connectivity index (χ3n) is 3.89. The summed E-state index contributed by atoms with van der Waals surface area (Å²) in [6.45, 7) is 0.182. The molecule has 0 unspecified atom stereocenters. The van der Waals surface area contributed by atoms with E-state index in [4.69, 9.17) is 9.88 Å². The highest BCUT2D eigenvalue weighted by molar-refractivity contribution is 7.86. The van der Waals surface area contributed by atoms with Gasteiger partial charge in [0, 0.05) is 24.7 Å². The van der Waals surface area contributed by atoms with Crippen LogP contribution >= 0.6 is 0 Å². The Bertz CT molecular complexity index is 933. The highest BCUT2D eigenvalue weighted by Crippen LogP contribution is 2.24. The average molecular weight is 398 g/mol. The number of nitrogens with two attached hydrogens (primary N) is 1. The van der Waals surface area contributed by atoms with Crippen molar-refractivity contribution in [3.8, 4) is 11.5 Å². The fourth-order valence-electron chi connectivity index (χ4n) is 2.75. The minimum Gasteiger partial charge on any atom is -0.456 e. The van der Waals surface area contributed by atoms with E-state index in [2.05, 4.69) is 10.3 Å². The molecule has 3 N–H and O–H groups in total. The lowest BCUT2D eigenvalue weighted by atomic mass is 10.2. The van der Waals surface area contributed by atoms with Gasteiger partial charge in [-0.25, -0.2) is 18.9 Å². The molecule has 8 nitrogen and oxygen atoms in total. The van der Waals surface area contributed by atoms with Gasteiger partial charge in [-0.15, -0.1) is 0 Å². The molecule has 0 bridgehead atoms. The van der Waals surface area contributed by atoms with Crippen molar-refractivity contribution >= 4 is 21.9 Å². The first-order chi connectivity index (χ1) is 12.7. The summed E-state index contributed by atoms with van der Waals surface area (Å²) in [4.78, 5) is 16.3. The van der Waals surface area contributed by atoms with Crippen molar-refractivity contribution in [2.75, 3.05) is 11.9 Å². The minimum atomic E-state index is -3.97. The number of rotatable bonds is 5. The highest BCUT2D eigenvalue weighted by atomic mass is 32.2. The maximum atomic E-state index is 13.2. The van der Waals surface area contributed by atoms with Crippen LogP contribution in [0.25, 0.3) is 0 Å². The Labute approximate surface area is 154 Å². The summed E-state index contributed by atoms with van der Waals surface area (Å²) < 4.78 is 55.6. The largest absolute Gasteiger partial charge is 0.456 e. The van der Waals surface area contributed by atoms with Gasteiger partial charge in [0.15, 0.2) is 0 Å². The van der Waals surface area contributed by atoms with Gasteiger partial charge in [0.2, 0.25) is 5.91 Å². The average Bonchev–Trinajstić information content (AvgIpc) is 3.06. The number of halogens is 2. The molecule has 1 atom stereocenters. The van der Waals surface area contributed by atoms with Crippen LogP contribution in [-0.4, -0.2) is 36.2 Å². The third-order valence-corrected chi connectivity index (χ3v) is 4.98. The first kappa shape index (κ1) is 19.1. The van der Waals surface area contributed by atoms with Gasteiger partial charge in [-0.3, -0.25) is 4.79 Å². The van der Waals surface area contributed by atoms with Gasteiger partial charge in [0.05, 0.1) is 6.20 Å². The van der Waals surface area contributed by atoms with Crippen molar-refractivity contribution < 1.29 is 26.7 Å². The van der Waals surface area contributed by atoms with Crippen LogP contribution < -0.4 is 15.2 Å². The van der Waals surface area contributed by atoms with Crippen molar-refractivity contribution in [3.63, 3.8) is 0 Å². The van der Waals surface area contributed by atoms with Crippen LogP contribution in [0.5, 0.6) is 11.5 Å². The first-order valence-electron chi connectivity index (χ1n) is 7.93. The van der Waals surface area contributed by atoms with Gasteiger partial charge in [0.25, 0.3) is 10.2 Å². The van der Waals surface area contributed by atoms with Crippen molar-refractivity contribution in [2.45, 2.75) is 18.9 Å². The molecule has 144 valence electrons. The zero-order valence-corrected chi connectivity index (χ0v) is 14.7. The molecule has 2 aromatic rings. The number of anilines is 1. The Morgan fingerprint density at radius 2 is 1.93 bits per heavy atom. The molecule has 27 heavy (non-hydrogen) atoms. The molecule has 1 aromatic carbocycles. The number of benzene rings is 1. The molecular weight excluding hydrogens is 382 g/mol. The summed E-state index contributed by atoms with van der Waals surface area (Å²) >= 11 is 0. The number of carbonyl (C=O) groups excluding carboxylic acids is 1. The summed E-state index contributed by atoms with van der Waals surface area (Å²) in [5, 5.41) is 7.62. The summed E-state index contributed by atoms with van der Waals surface area (Å²) in [5.74, 6) is -1.78. The summed E-state index contributed by atoms with van der Waals surface area (Å²) in [5.41, 5.74) is 0. The van der Waals surface area contributed by atoms with E-state index < -0.39 is 33.8 Å². The molecule has 0 aliphatic carbocycles. The Kier molecular flexibility index (Phi) is 5.35. The smallest absolute Gasteiger partial charge is 0.277 e. The van der Waals surface area contributed by atoms with Gasteiger partial charge in [-0.2, -0.15) is 12.7 Å². The van der Waals surface area contributed by atoms with E-state index in [-0.39, 0.29) is 23.9 Å². The zero-order valence-electron chi connectivity index (χ0n) is 13.9. The summed E-state index contributed by atoms with van der Waals surface area (Å²) in [7, 11) is -3.97. The van der Waals surface area contributed by atoms with E-state index >= 15 is 0 Å². The number of amides is 1. The van der Waals surface area contributed by atoms with Crippen LogP contribution in [-0.2, 0) is 15.0 Å². The van der Waals surface area contributed by atoms with Crippen molar-refractivity contribution in [1.29, 1.82) is 0 Å². The molecule has 0 radical (unpaired) electrons. The lowest BCUT2D eigenvalue weighted by molar-refractivity contribution is -0.119. The van der Waals surface area contributed by atoms with E-state index in [1.807, 2.05) is 0 Å². The topological polar surface area (TPSA) is 115 Å². The van der Waals surface area contributed by atoms with E-state index in [0.29, 0.717) is 12.8 Å². The minimum absolute atomic E-state index is 0.0409. The molecule has 2 heterocycles. The standard InChI is InChI=1S/C16H16F2N4O4S/c17-10-6-11(18)8-13(7-10)26-12-3-4-15(20-9-12)21-16(23)14-2-1-5-22(14)27(19,24)25/h3-4,6-9,14H,1-2,5H2,(H2,19,24,25)(H,20,21,23)/t14-/m1/s1. The number of carbonyl (C=O) groups is 1. The monoisotopic (exact) mass is 398 g/mol. The zero-order chi connectivity index (χ0) is 19.6. The van der Waals surface area contributed by atoms with E-state index in [0.717, 1.165) is 22.5 Å². The maximum absolute atomic E-state index is 13.2. The maximum Gasteiger partial charge on any atom is 0.277 e. The van der Waals surface area contributed by atoms with E-state index in [9.17, 15) is 22.0 Å². The van der Waals surface area contributed by atoms with Crippen molar-refractivity contribution in [1.82, 2.24) is 9.29 Å². The predicted octanol–water partition coefficient (Wildman–Crippen LogP) is 1.76. The molecule has 3 rings (SSSR count). The van der Waals surface area contributed by atoms with Gasteiger partial charge in [0.1, 0.15) is 35.0 Å². The molecule has 1 aliphatic heterocycles. The van der Waals surface area contributed by atoms with Crippen LogP contribution in [0.4, 0.5) is 14.6 Å². The molecule has 1 aliphatic rings. The Morgan fingerprint density at radius 3 is 2.52 bits per heavy atom. The number of hydrogen-bond acceptors (Lipinski definition) is 5. The van der Waals surface area contributed by atoms with Crippen molar-refractivity contribution in [3.05, 3.63) is 48.2 Å². The molecule has 0 spiro atoms. The molecule has 1 fully saturated rings.